The van der Waals surface area contributed by atoms with Crippen molar-refractivity contribution in [3.8, 4) is 0 Å². The summed E-state index contributed by atoms with van der Waals surface area (Å²) in [6, 6.07) is 7.43. The number of likely N-dealkylation sites (N-methyl/N-ethyl adjacent to an activating group) is 1. The number of benzene rings is 1. The zero-order valence-corrected chi connectivity index (χ0v) is 27.7. The molecule has 9 atom stereocenters. The number of carbonyl (C=O) groups excluding carboxylic acids is 3. The van der Waals surface area contributed by atoms with Crippen LogP contribution in [-0.4, -0.2) is 96.8 Å². The summed E-state index contributed by atoms with van der Waals surface area (Å²) in [6.45, 7) is 12.1. The minimum atomic E-state index is -0.854. The molecule has 1 aliphatic rings. The summed E-state index contributed by atoms with van der Waals surface area (Å²) < 4.78 is 11.7. The summed E-state index contributed by atoms with van der Waals surface area (Å²) in [5.74, 6) is -1.03. The smallest absolute Gasteiger partial charge is 0.239 e. The molecule has 1 aliphatic heterocycles. The Kier molecular flexibility index (Phi) is 14.6. The molecule has 0 radical (unpaired) electrons. The molecule has 10 heteroatoms. The van der Waals surface area contributed by atoms with Gasteiger partial charge in [-0.3, -0.25) is 14.4 Å². The quantitative estimate of drug-likeness (QED) is 0.264. The molecule has 244 valence electrons. The largest absolute Gasteiger partial charge is 0.386 e. The number of nitrogens with two attached hydrogens (primary N) is 1. The van der Waals surface area contributed by atoms with Crippen LogP contribution in [0.1, 0.15) is 78.9 Å². The van der Waals surface area contributed by atoms with Gasteiger partial charge in [0.2, 0.25) is 17.7 Å². The highest BCUT2D eigenvalue weighted by atomic mass is 16.5. The van der Waals surface area contributed by atoms with E-state index in [9.17, 15) is 19.5 Å². The Balaban J connectivity index is 2.17. The molecule has 10 nitrogen and oxygen atoms in total. The van der Waals surface area contributed by atoms with Gasteiger partial charge in [0.15, 0.2) is 0 Å². The number of aliphatic hydroxyl groups excluding tert-OH is 1. The summed E-state index contributed by atoms with van der Waals surface area (Å²) >= 11 is 0. The summed E-state index contributed by atoms with van der Waals surface area (Å²) in [5, 5.41) is 13.7. The number of rotatable bonds is 16. The molecule has 1 saturated heterocycles. The molecule has 2 rings (SSSR count). The Morgan fingerprint density at radius 2 is 1.72 bits per heavy atom. The van der Waals surface area contributed by atoms with Gasteiger partial charge in [0, 0.05) is 27.8 Å². The second kappa shape index (κ2) is 17.1. The molecule has 43 heavy (non-hydrogen) atoms. The lowest BCUT2D eigenvalue weighted by Crippen LogP contribution is -2.56. The second-order valence-electron chi connectivity index (χ2n) is 12.5. The van der Waals surface area contributed by atoms with Crippen LogP contribution in [0.3, 0.4) is 0 Å². The predicted molar refractivity (Wildman–Crippen MR) is 168 cm³/mol. The molecule has 0 aliphatic carbocycles. The molecule has 0 aromatic heterocycles. The molecule has 1 unspecified atom stereocenters. The van der Waals surface area contributed by atoms with E-state index in [-0.39, 0.29) is 48.1 Å². The van der Waals surface area contributed by atoms with Gasteiger partial charge in [0.05, 0.1) is 54.8 Å². The third-order valence-electron chi connectivity index (χ3n) is 9.25. The van der Waals surface area contributed by atoms with Crippen molar-refractivity contribution >= 4 is 17.7 Å². The minimum Gasteiger partial charge on any atom is -0.386 e. The van der Waals surface area contributed by atoms with Gasteiger partial charge in [-0.25, -0.2) is 0 Å². The Hall–Kier alpha value is -2.53. The van der Waals surface area contributed by atoms with Gasteiger partial charge in [-0.05, 0) is 37.2 Å². The zero-order chi connectivity index (χ0) is 32.4. The van der Waals surface area contributed by atoms with E-state index in [1.165, 1.54) is 0 Å². The van der Waals surface area contributed by atoms with Crippen molar-refractivity contribution in [1.29, 1.82) is 0 Å². The van der Waals surface area contributed by atoms with E-state index in [1.807, 2.05) is 49.1 Å². The van der Waals surface area contributed by atoms with Crippen LogP contribution >= 0.6 is 0 Å². The summed E-state index contributed by atoms with van der Waals surface area (Å²) in [5.41, 5.74) is 6.93. The molecule has 0 saturated carbocycles. The standard InChI is InChI=1S/C33H56N4O6/c1-10-21(4)29(36(7)33(41)28(34)20(2)3)26(42-8)19-27(38)37-18-14-17-25(37)31(43-9)22(5)32(40)35-23(6)30(39)24-15-12-11-13-16-24/h11-13,15-16,20-23,25-26,28-31,39H,10,14,17-19,34H2,1-9H3,(H,35,40)/t21-,22+,23+,25-,26+,28-,29-,30?,31+/m0/s1. The van der Waals surface area contributed by atoms with E-state index in [1.54, 1.807) is 40.0 Å². The molecule has 3 amide bonds. The number of methoxy groups -OCH3 is 2. The summed E-state index contributed by atoms with van der Waals surface area (Å²) in [4.78, 5) is 43.8. The Bertz CT molecular complexity index is 1020. The van der Waals surface area contributed by atoms with Crippen LogP contribution < -0.4 is 11.1 Å². The maximum Gasteiger partial charge on any atom is 0.239 e. The number of hydrogen-bond donors (Lipinski definition) is 3. The summed E-state index contributed by atoms with van der Waals surface area (Å²) in [7, 11) is 4.88. The van der Waals surface area contributed by atoms with E-state index in [2.05, 4.69) is 19.2 Å². The number of ether oxygens (including phenoxy) is 2. The Labute approximate surface area is 258 Å². The lowest BCUT2D eigenvalue weighted by atomic mass is 9.89. The van der Waals surface area contributed by atoms with Crippen LogP contribution in [0.15, 0.2) is 30.3 Å². The van der Waals surface area contributed by atoms with Crippen LogP contribution in [-0.2, 0) is 23.9 Å². The first-order valence-electron chi connectivity index (χ1n) is 15.7. The number of hydrogen-bond acceptors (Lipinski definition) is 7. The van der Waals surface area contributed by atoms with E-state index >= 15 is 0 Å². The van der Waals surface area contributed by atoms with Crippen molar-refractivity contribution in [3.05, 3.63) is 35.9 Å². The second-order valence-corrected chi connectivity index (χ2v) is 12.5. The number of nitrogens with zero attached hydrogens (tertiary/aromatic N) is 2. The monoisotopic (exact) mass is 604 g/mol. The highest BCUT2D eigenvalue weighted by Gasteiger charge is 2.42. The van der Waals surface area contributed by atoms with Crippen molar-refractivity contribution < 1.29 is 29.0 Å². The molecule has 1 heterocycles. The van der Waals surface area contributed by atoms with Crippen molar-refractivity contribution in [2.24, 2.45) is 23.5 Å². The fourth-order valence-corrected chi connectivity index (χ4v) is 6.20. The molecular formula is C33H56N4O6. The minimum absolute atomic E-state index is 0.0183. The normalized spacial score (nSPS) is 20.9. The first kappa shape index (κ1) is 36.7. The molecule has 0 bridgehead atoms. The molecular weight excluding hydrogens is 548 g/mol. The highest BCUT2D eigenvalue weighted by Crippen LogP contribution is 2.30. The molecule has 1 fully saturated rings. The van der Waals surface area contributed by atoms with Crippen LogP contribution in [0, 0.1) is 17.8 Å². The van der Waals surface area contributed by atoms with Gasteiger partial charge in [-0.1, -0.05) is 71.4 Å². The molecule has 4 N–H and O–H groups in total. The van der Waals surface area contributed by atoms with Gasteiger partial charge in [-0.15, -0.1) is 0 Å². The fourth-order valence-electron chi connectivity index (χ4n) is 6.20. The van der Waals surface area contributed by atoms with E-state index in [0.29, 0.717) is 13.0 Å². The average molecular weight is 605 g/mol. The number of likely N-dealkylation sites (tertiary alicyclic amines) is 1. The van der Waals surface area contributed by atoms with Crippen LogP contribution in [0.25, 0.3) is 0 Å². The predicted octanol–water partition coefficient (Wildman–Crippen LogP) is 3.13. The van der Waals surface area contributed by atoms with Crippen molar-refractivity contribution in [3.63, 3.8) is 0 Å². The average Bonchev–Trinajstić information content (AvgIpc) is 3.49. The molecule has 1 aromatic rings. The first-order chi connectivity index (χ1) is 20.3. The summed E-state index contributed by atoms with van der Waals surface area (Å²) in [6.07, 6.45) is 0.474. The van der Waals surface area contributed by atoms with E-state index in [0.717, 1.165) is 18.4 Å². The van der Waals surface area contributed by atoms with Crippen LogP contribution in [0.5, 0.6) is 0 Å². The van der Waals surface area contributed by atoms with E-state index < -0.39 is 36.3 Å². The van der Waals surface area contributed by atoms with Gasteiger partial charge in [0.25, 0.3) is 0 Å². The van der Waals surface area contributed by atoms with Crippen molar-refractivity contribution in [2.75, 3.05) is 27.8 Å². The Morgan fingerprint density at radius 1 is 1.09 bits per heavy atom. The van der Waals surface area contributed by atoms with Gasteiger partial charge in [-0.2, -0.15) is 0 Å². The van der Waals surface area contributed by atoms with E-state index in [4.69, 9.17) is 15.2 Å². The molecule has 0 spiro atoms. The lowest BCUT2D eigenvalue weighted by molar-refractivity contribution is -0.146. The number of amides is 3. The van der Waals surface area contributed by atoms with Crippen LogP contribution in [0.4, 0.5) is 0 Å². The first-order valence-corrected chi connectivity index (χ1v) is 15.7. The van der Waals surface area contributed by atoms with Gasteiger partial charge < -0.3 is 35.4 Å². The van der Waals surface area contributed by atoms with Crippen molar-refractivity contribution in [2.45, 2.75) is 110 Å². The SMILES string of the molecule is CC[C@H](C)[C@@H]([C@@H](CC(=O)N1CCC[C@H]1[C@H](OC)[C@@H](C)C(=O)N[C@H](C)C(O)c1ccccc1)OC)N(C)C(=O)[C@@H](N)C(C)C. The maximum atomic E-state index is 13.8. The lowest BCUT2D eigenvalue weighted by Gasteiger charge is -2.40. The highest BCUT2D eigenvalue weighted by molar-refractivity contribution is 5.83. The molecule has 1 aromatic carbocycles. The topological polar surface area (TPSA) is 134 Å². The Morgan fingerprint density at radius 3 is 2.26 bits per heavy atom. The van der Waals surface area contributed by atoms with Gasteiger partial charge in [0.1, 0.15) is 0 Å². The number of nitrogens with one attached hydrogen (secondary N) is 1. The zero-order valence-electron chi connectivity index (χ0n) is 27.7. The maximum absolute atomic E-state index is 13.8. The van der Waals surface area contributed by atoms with Crippen molar-refractivity contribution in [1.82, 2.24) is 15.1 Å². The third kappa shape index (κ3) is 9.23. The number of carbonyl (C=O) groups is 3. The van der Waals surface area contributed by atoms with Crippen LogP contribution in [0.2, 0.25) is 0 Å². The third-order valence-corrected chi connectivity index (χ3v) is 9.25. The number of aliphatic hydroxyl groups is 1. The fraction of sp³-hybridized carbons (Fsp3) is 0.727. The van der Waals surface area contributed by atoms with Gasteiger partial charge >= 0.3 is 0 Å².